The second kappa shape index (κ2) is 13.5. The molecule has 44 heavy (non-hydrogen) atoms. The van der Waals surface area contributed by atoms with Gasteiger partial charge in [-0.2, -0.15) is 26.3 Å². The normalized spacial score (nSPS) is 19.9. The number of carbonyl (C=O) groups is 1. The van der Waals surface area contributed by atoms with E-state index < -0.39 is 41.0 Å². The highest BCUT2D eigenvalue weighted by Gasteiger charge is 2.39. The Bertz CT molecular complexity index is 1360. The first kappa shape index (κ1) is 33.8. The molecule has 1 amide bonds. The monoisotopic (exact) mass is 625 g/mol. The van der Waals surface area contributed by atoms with Crippen LogP contribution in [-0.2, 0) is 30.1 Å². The number of rotatable bonds is 6. The topological polar surface area (TPSA) is 56.2 Å². The van der Waals surface area contributed by atoms with Crippen LogP contribution < -0.4 is 0 Å². The zero-order valence-electron chi connectivity index (χ0n) is 25.0. The lowest BCUT2D eigenvalue weighted by Gasteiger charge is -2.41. The largest absolute Gasteiger partial charge is 0.416 e. The van der Waals surface area contributed by atoms with Gasteiger partial charge in [0.15, 0.2) is 0 Å². The van der Waals surface area contributed by atoms with E-state index in [2.05, 4.69) is 30.6 Å². The molecule has 2 aromatic rings. The molecule has 1 unspecified atom stereocenters. The van der Waals surface area contributed by atoms with E-state index in [1.807, 2.05) is 17.9 Å². The molecular weight excluding hydrogens is 588 g/mol. The number of piperazine rings is 1. The number of morpholine rings is 1. The number of benzene rings is 2. The standard InChI is InChI=1S/C32H37F6N3O3/c1-22-14-23(6-7-24(22)20-42)15-28-19-39(8-4-5-9-40-12-13-44-21-30(40,2)3)10-11-41(28)29(43)25-16-26(31(33,34)35)18-27(17-25)32(36,37)38/h6-7,14,16-18,28,42H,8-13,15,19-21H2,1-3H3. The Hall–Kier alpha value is -3.11. The summed E-state index contributed by atoms with van der Waals surface area (Å²) in [7, 11) is 0. The summed E-state index contributed by atoms with van der Waals surface area (Å²) < 4.78 is 86.7. The number of aryl methyl sites for hydroxylation is 1. The Morgan fingerprint density at radius 3 is 2.23 bits per heavy atom. The van der Waals surface area contributed by atoms with Crippen molar-refractivity contribution in [3.05, 3.63) is 69.8 Å². The maximum Gasteiger partial charge on any atom is 0.416 e. The summed E-state index contributed by atoms with van der Waals surface area (Å²) in [6.07, 6.45) is -9.81. The van der Waals surface area contributed by atoms with Crippen LogP contribution in [0.4, 0.5) is 26.3 Å². The van der Waals surface area contributed by atoms with Crippen LogP contribution in [0.25, 0.3) is 0 Å². The first-order valence-electron chi connectivity index (χ1n) is 14.4. The molecule has 2 aromatic carbocycles. The van der Waals surface area contributed by atoms with Crippen LogP contribution in [-0.4, -0.2) is 89.8 Å². The number of carbonyl (C=O) groups excluding carboxylic acids is 1. The van der Waals surface area contributed by atoms with E-state index in [1.165, 1.54) is 4.90 Å². The SMILES string of the molecule is Cc1cc(CC2CN(CC#CCN3CCOCC3(C)C)CCN2C(=O)c2cc(C(F)(F)F)cc(C(F)(F)F)c2)ccc1CO. The van der Waals surface area contributed by atoms with Crippen LogP contribution in [0.3, 0.4) is 0 Å². The van der Waals surface area contributed by atoms with E-state index in [0.29, 0.717) is 57.9 Å². The van der Waals surface area contributed by atoms with Crippen LogP contribution >= 0.6 is 0 Å². The third-order valence-electron chi connectivity index (χ3n) is 8.23. The minimum atomic E-state index is -5.06. The second-order valence-electron chi connectivity index (χ2n) is 11.9. The first-order chi connectivity index (χ1) is 20.6. The second-order valence-corrected chi connectivity index (χ2v) is 11.9. The molecule has 0 saturated carbocycles. The Balaban J connectivity index is 1.57. The van der Waals surface area contributed by atoms with Crippen molar-refractivity contribution in [3.63, 3.8) is 0 Å². The molecule has 0 radical (unpaired) electrons. The van der Waals surface area contributed by atoms with Gasteiger partial charge in [-0.3, -0.25) is 14.6 Å². The van der Waals surface area contributed by atoms with Gasteiger partial charge in [-0.15, -0.1) is 0 Å². The zero-order valence-corrected chi connectivity index (χ0v) is 25.0. The molecule has 1 atom stereocenters. The number of halogens is 6. The fourth-order valence-corrected chi connectivity index (χ4v) is 5.59. The maximum absolute atomic E-state index is 13.6. The Kier molecular flexibility index (Phi) is 10.4. The van der Waals surface area contributed by atoms with Crippen molar-refractivity contribution < 1.29 is 41.0 Å². The molecule has 0 aromatic heterocycles. The third-order valence-corrected chi connectivity index (χ3v) is 8.23. The van der Waals surface area contributed by atoms with Gasteiger partial charge in [-0.1, -0.05) is 30.0 Å². The van der Waals surface area contributed by atoms with Crippen molar-refractivity contribution >= 4 is 5.91 Å². The summed E-state index contributed by atoms with van der Waals surface area (Å²) in [4.78, 5) is 19.3. The lowest BCUT2D eigenvalue weighted by atomic mass is 9.97. The van der Waals surface area contributed by atoms with Crippen LogP contribution in [0.15, 0.2) is 36.4 Å². The Morgan fingerprint density at radius 1 is 0.977 bits per heavy atom. The molecule has 12 heteroatoms. The first-order valence-corrected chi connectivity index (χ1v) is 14.4. The fourth-order valence-electron chi connectivity index (χ4n) is 5.59. The van der Waals surface area contributed by atoms with Gasteiger partial charge in [0, 0.05) is 43.3 Å². The minimum absolute atomic E-state index is 0.0222. The van der Waals surface area contributed by atoms with Gasteiger partial charge in [0.25, 0.3) is 5.91 Å². The van der Waals surface area contributed by atoms with Crippen molar-refractivity contribution in [3.8, 4) is 11.8 Å². The van der Waals surface area contributed by atoms with Gasteiger partial charge in [0.2, 0.25) is 0 Å². The van der Waals surface area contributed by atoms with E-state index in [1.54, 1.807) is 12.1 Å². The molecule has 2 aliphatic heterocycles. The van der Waals surface area contributed by atoms with E-state index in [-0.39, 0.29) is 24.8 Å². The lowest BCUT2D eigenvalue weighted by Crippen LogP contribution is -2.56. The average molecular weight is 626 g/mol. The molecule has 0 bridgehead atoms. The van der Waals surface area contributed by atoms with Crippen molar-refractivity contribution in [1.82, 2.24) is 14.7 Å². The smallest absolute Gasteiger partial charge is 0.392 e. The number of aliphatic hydroxyl groups is 1. The number of ether oxygens (including phenoxy) is 1. The molecule has 6 nitrogen and oxygen atoms in total. The third kappa shape index (κ3) is 8.33. The van der Waals surface area contributed by atoms with Gasteiger partial charge in [0.1, 0.15) is 0 Å². The Morgan fingerprint density at radius 2 is 1.64 bits per heavy atom. The van der Waals surface area contributed by atoms with Crippen LogP contribution in [0, 0.1) is 18.8 Å². The van der Waals surface area contributed by atoms with Gasteiger partial charge in [0.05, 0.1) is 44.0 Å². The summed E-state index contributed by atoms with van der Waals surface area (Å²) in [5.74, 6) is 5.50. The molecule has 0 aliphatic carbocycles. The van der Waals surface area contributed by atoms with E-state index in [0.717, 1.165) is 23.2 Å². The van der Waals surface area contributed by atoms with Crippen molar-refractivity contribution in [2.75, 3.05) is 52.5 Å². The minimum Gasteiger partial charge on any atom is -0.392 e. The molecule has 2 aliphatic rings. The molecule has 2 saturated heterocycles. The molecular formula is C32H37F6N3O3. The van der Waals surface area contributed by atoms with Crippen molar-refractivity contribution in [2.24, 2.45) is 0 Å². The number of hydrogen-bond donors (Lipinski definition) is 1. The zero-order chi connectivity index (χ0) is 32.3. The molecule has 240 valence electrons. The lowest BCUT2D eigenvalue weighted by molar-refractivity contribution is -0.143. The summed E-state index contributed by atoms with van der Waals surface area (Å²) in [5, 5.41) is 9.54. The van der Waals surface area contributed by atoms with Crippen LogP contribution in [0.5, 0.6) is 0 Å². The highest BCUT2D eigenvalue weighted by atomic mass is 19.4. The van der Waals surface area contributed by atoms with Crippen molar-refractivity contribution in [1.29, 1.82) is 0 Å². The molecule has 2 heterocycles. The van der Waals surface area contributed by atoms with E-state index >= 15 is 0 Å². The summed E-state index contributed by atoms with van der Waals surface area (Å²) in [6.45, 7) is 9.62. The number of amides is 1. The molecule has 1 N–H and O–H groups in total. The van der Waals surface area contributed by atoms with Gasteiger partial charge in [-0.25, -0.2) is 0 Å². The number of aliphatic hydroxyl groups excluding tert-OH is 1. The summed E-state index contributed by atoms with van der Waals surface area (Å²) in [6, 6.07) is 5.88. The van der Waals surface area contributed by atoms with E-state index in [9.17, 15) is 36.2 Å². The molecule has 2 fully saturated rings. The average Bonchev–Trinajstić information content (AvgIpc) is 2.94. The van der Waals surface area contributed by atoms with Gasteiger partial charge >= 0.3 is 12.4 Å². The van der Waals surface area contributed by atoms with Gasteiger partial charge < -0.3 is 14.7 Å². The van der Waals surface area contributed by atoms with E-state index in [4.69, 9.17) is 4.74 Å². The van der Waals surface area contributed by atoms with Crippen LogP contribution in [0.1, 0.15) is 52.0 Å². The maximum atomic E-state index is 13.6. The fraction of sp³-hybridized carbons (Fsp3) is 0.531. The number of alkyl halides is 6. The predicted molar refractivity (Wildman–Crippen MR) is 153 cm³/mol. The summed E-state index contributed by atoms with van der Waals surface area (Å²) in [5.41, 5.74) is -1.47. The number of nitrogens with zero attached hydrogens (tertiary/aromatic N) is 3. The van der Waals surface area contributed by atoms with Crippen LogP contribution in [0.2, 0.25) is 0 Å². The highest BCUT2D eigenvalue weighted by Crippen LogP contribution is 2.37. The Labute approximate surface area is 253 Å². The highest BCUT2D eigenvalue weighted by molar-refractivity contribution is 5.95. The molecule has 0 spiro atoms. The quantitative estimate of drug-likeness (QED) is 0.362. The predicted octanol–water partition coefficient (Wildman–Crippen LogP) is 5.01. The number of hydrogen-bond acceptors (Lipinski definition) is 5. The van der Waals surface area contributed by atoms with Gasteiger partial charge in [-0.05, 0) is 62.1 Å². The molecule has 4 rings (SSSR count). The summed E-state index contributed by atoms with van der Waals surface area (Å²) >= 11 is 0. The van der Waals surface area contributed by atoms with Crippen molar-refractivity contribution in [2.45, 2.75) is 57.7 Å².